The van der Waals surface area contributed by atoms with Crippen LogP contribution in [0.1, 0.15) is 27.3 Å². The van der Waals surface area contributed by atoms with E-state index in [0.29, 0.717) is 32.6 Å². The average molecular weight is 393 g/mol. The first-order valence-corrected chi connectivity index (χ1v) is 9.44. The highest BCUT2D eigenvalue weighted by atomic mass is 19.1. The molecule has 1 fully saturated rings. The molecule has 8 heteroatoms. The fourth-order valence-corrected chi connectivity index (χ4v) is 3.36. The van der Waals surface area contributed by atoms with Gasteiger partial charge in [-0.15, -0.1) is 5.10 Å². The summed E-state index contributed by atoms with van der Waals surface area (Å²) >= 11 is 0. The lowest BCUT2D eigenvalue weighted by atomic mass is 10.2. The normalized spacial score (nSPS) is 14.5. The lowest BCUT2D eigenvalue weighted by Crippen LogP contribution is -2.37. The molecule has 7 nitrogen and oxygen atoms in total. The summed E-state index contributed by atoms with van der Waals surface area (Å²) in [6.45, 7) is 1.66. The molecule has 3 aromatic rings. The molecule has 2 heterocycles. The second-order valence-electron chi connectivity index (χ2n) is 6.80. The maximum Gasteiger partial charge on any atom is 0.276 e. The van der Waals surface area contributed by atoms with Gasteiger partial charge in [0.2, 0.25) is 0 Å². The van der Waals surface area contributed by atoms with Gasteiger partial charge in [0.25, 0.3) is 11.8 Å². The molecule has 1 aliphatic heterocycles. The van der Waals surface area contributed by atoms with Gasteiger partial charge in [0.05, 0.1) is 17.4 Å². The molecule has 29 heavy (non-hydrogen) atoms. The Morgan fingerprint density at radius 3 is 2.21 bits per heavy atom. The Labute approximate surface area is 167 Å². The molecule has 2 aromatic carbocycles. The van der Waals surface area contributed by atoms with E-state index in [4.69, 9.17) is 0 Å². The third kappa shape index (κ3) is 4.01. The van der Waals surface area contributed by atoms with Crippen LogP contribution in [0, 0.1) is 5.82 Å². The highest BCUT2D eigenvalue weighted by molar-refractivity contribution is 5.95. The first-order valence-electron chi connectivity index (χ1n) is 9.44. The van der Waals surface area contributed by atoms with Crippen LogP contribution < -0.4 is 0 Å². The van der Waals surface area contributed by atoms with E-state index in [1.165, 1.54) is 12.1 Å². The monoisotopic (exact) mass is 393 g/mol. The van der Waals surface area contributed by atoms with Crippen molar-refractivity contribution in [1.29, 1.82) is 0 Å². The van der Waals surface area contributed by atoms with Crippen molar-refractivity contribution >= 4 is 11.8 Å². The lowest BCUT2D eigenvalue weighted by molar-refractivity contribution is 0.0713. The fraction of sp³-hybridized carbons (Fsp3) is 0.238. The smallest absolute Gasteiger partial charge is 0.276 e. The van der Waals surface area contributed by atoms with Gasteiger partial charge < -0.3 is 9.80 Å². The number of hydrogen-bond acceptors (Lipinski definition) is 4. The summed E-state index contributed by atoms with van der Waals surface area (Å²) in [4.78, 5) is 28.7. The van der Waals surface area contributed by atoms with Gasteiger partial charge in [-0.2, -0.15) is 0 Å². The number of benzene rings is 2. The first kappa shape index (κ1) is 18.8. The molecule has 1 saturated heterocycles. The Morgan fingerprint density at radius 1 is 0.828 bits per heavy atom. The Bertz CT molecular complexity index is 1020. The standard InChI is InChI=1S/C21H20FN5O2/c22-18-10-5-4-9-17(18)20(28)25-11-6-12-26(14-13-25)21(29)19-15-27(24-23-19)16-7-2-1-3-8-16/h1-5,7-10,15H,6,11-14H2. The Morgan fingerprint density at radius 2 is 1.48 bits per heavy atom. The number of rotatable bonds is 3. The lowest BCUT2D eigenvalue weighted by Gasteiger charge is -2.21. The van der Waals surface area contributed by atoms with Gasteiger partial charge in [-0.05, 0) is 30.7 Å². The zero-order valence-electron chi connectivity index (χ0n) is 15.7. The zero-order chi connectivity index (χ0) is 20.2. The number of para-hydroxylation sites is 1. The molecule has 0 N–H and O–H groups in total. The predicted molar refractivity (Wildman–Crippen MR) is 104 cm³/mol. The van der Waals surface area contributed by atoms with Crippen LogP contribution in [0.4, 0.5) is 4.39 Å². The van der Waals surface area contributed by atoms with E-state index < -0.39 is 5.82 Å². The summed E-state index contributed by atoms with van der Waals surface area (Å²) in [5.74, 6) is -1.12. The molecule has 148 valence electrons. The van der Waals surface area contributed by atoms with Crippen LogP contribution in [-0.4, -0.2) is 62.8 Å². The third-order valence-electron chi connectivity index (χ3n) is 4.91. The van der Waals surface area contributed by atoms with Crippen LogP contribution in [0.3, 0.4) is 0 Å². The third-order valence-corrected chi connectivity index (χ3v) is 4.91. The van der Waals surface area contributed by atoms with Crippen molar-refractivity contribution in [1.82, 2.24) is 24.8 Å². The molecule has 0 spiro atoms. The summed E-state index contributed by atoms with van der Waals surface area (Å²) in [6.07, 6.45) is 2.21. The predicted octanol–water partition coefficient (Wildman–Crippen LogP) is 2.39. The van der Waals surface area contributed by atoms with Crippen molar-refractivity contribution in [3.8, 4) is 5.69 Å². The van der Waals surface area contributed by atoms with Crippen LogP contribution in [0.5, 0.6) is 0 Å². The number of hydrogen-bond donors (Lipinski definition) is 0. The topological polar surface area (TPSA) is 71.3 Å². The second-order valence-corrected chi connectivity index (χ2v) is 6.80. The highest BCUT2D eigenvalue weighted by Crippen LogP contribution is 2.14. The molecule has 1 aromatic heterocycles. The summed E-state index contributed by atoms with van der Waals surface area (Å²) in [5, 5.41) is 8.03. The van der Waals surface area contributed by atoms with Crippen molar-refractivity contribution in [2.45, 2.75) is 6.42 Å². The van der Waals surface area contributed by atoms with Gasteiger partial charge >= 0.3 is 0 Å². The minimum atomic E-state index is -0.535. The SMILES string of the molecule is O=C(c1cn(-c2ccccc2)nn1)N1CCCN(C(=O)c2ccccc2F)CC1. The maximum atomic E-state index is 13.9. The molecule has 0 aliphatic carbocycles. The van der Waals surface area contributed by atoms with Crippen molar-refractivity contribution in [2.24, 2.45) is 0 Å². The van der Waals surface area contributed by atoms with Crippen LogP contribution in [-0.2, 0) is 0 Å². The van der Waals surface area contributed by atoms with Gasteiger partial charge in [0, 0.05) is 26.2 Å². The molecule has 2 amide bonds. The number of amides is 2. The van der Waals surface area contributed by atoms with Crippen molar-refractivity contribution in [3.05, 3.63) is 77.9 Å². The first-order chi connectivity index (χ1) is 14.1. The van der Waals surface area contributed by atoms with Gasteiger partial charge in [0.1, 0.15) is 5.82 Å². The molecule has 0 saturated carbocycles. The largest absolute Gasteiger partial charge is 0.337 e. The average Bonchev–Trinajstić information content (AvgIpc) is 3.12. The van der Waals surface area contributed by atoms with Gasteiger partial charge in [-0.3, -0.25) is 9.59 Å². The molecule has 4 rings (SSSR count). The van der Waals surface area contributed by atoms with Gasteiger partial charge in [0.15, 0.2) is 5.69 Å². The quantitative estimate of drug-likeness (QED) is 0.685. The van der Waals surface area contributed by atoms with E-state index in [1.54, 1.807) is 32.8 Å². The van der Waals surface area contributed by atoms with E-state index in [-0.39, 0.29) is 23.1 Å². The van der Waals surface area contributed by atoms with Crippen LogP contribution in [0.25, 0.3) is 5.69 Å². The van der Waals surface area contributed by atoms with Crippen LogP contribution in [0.2, 0.25) is 0 Å². The fourth-order valence-electron chi connectivity index (χ4n) is 3.36. The highest BCUT2D eigenvalue weighted by Gasteiger charge is 2.26. The minimum absolute atomic E-state index is 0.0538. The second kappa shape index (κ2) is 8.22. The molecule has 0 atom stereocenters. The summed E-state index contributed by atoms with van der Waals surface area (Å²) in [5.41, 5.74) is 1.12. The number of carbonyl (C=O) groups is 2. The Kier molecular flexibility index (Phi) is 5.33. The van der Waals surface area contributed by atoms with Crippen molar-refractivity contribution < 1.29 is 14.0 Å². The Balaban J connectivity index is 1.43. The number of aromatic nitrogens is 3. The maximum absolute atomic E-state index is 13.9. The molecule has 0 radical (unpaired) electrons. The molecular weight excluding hydrogens is 373 g/mol. The summed E-state index contributed by atoms with van der Waals surface area (Å²) < 4.78 is 15.5. The summed E-state index contributed by atoms with van der Waals surface area (Å²) in [6, 6.07) is 15.4. The van der Waals surface area contributed by atoms with Gasteiger partial charge in [-0.25, -0.2) is 9.07 Å². The van der Waals surface area contributed by atoms with E-state index >= 15 is 0 Å². The van der Waals surface area contributed by atoms with Crippen LogP contribution in [0.15, 0.2) is 60.8 Å². The van der Waals surface area contributed by atoms with E-state index in [0.717, 1.165) is 5.69 Å². The number of nitrogens with zero attached hydrogens (tertiary/aromatic N) is 5. The zero-order valence-corrected chi connectivity index (χ0v) is 15.7. The van der Waals surface area contributed by atoms with E-state index in [1.807, 2.05) is 30.3 Å². The molecule has 0 unspecified atom stereocenters. The van der Waals surface area contributed by atoms with Gasteiger partial charge in [-0.1, -0.05) is 35.5 Å². The van der Waals surface area contributed by atoms with E-state index in [9.17, 15) is 14.0 Å². The van der Waals surface area contributed by atoms with Crippen molar-refractivity contribution in [2.75, 3.05) is 26.2 Å². The molecule has 1 aliphatic rings. The van der Waals surface area contributed by atoms with Crippen LogP contribution >= 0.6 is 0 Å². The minimum Gasteiger partial charge on any atom is -0.337 e. The van der Waals surface area contributed by atoms with E-state index in [2.05, 4.69) is 10.3 Å². The van der Waals surface area contributed by atoms with Crippen molar-refractivity contribution in [3.63, 3.8) is 0 Å². The summed E-state index contributed by atoms with van der Waals surface area (Å²) in [7, 11) is 0. The number of carbonyl (C=O) groups excluding carboxylic acids is 2. The molecular formula is C21H20FN5O2. The Hall–Kier alpha value is -3.55. The number of halogens is 1. The molecule has 0 bridgehead atoms.